The van der Waals surface area contributed by atoms with Gasteiger partial charge >= 0.3 is 5.97 Å². The minimum Gasteiger partial charge on any atom is -0.464 e. The summed E-state index contributed by atoms with van der Waals surface area (Å²) >= 11 is 0. The molecular weight excluding hydrogens is 390 g/mol. The van der Waals surface area contributed by atoms with E-state index in [-0.39, 0.29) is 11.6 Å². The molecule has 0 aromatic heterocycles. The number of hydrogen-bond donors (Lipinski definition) is 1. The molecule has 5 heteroatoms. The Morgan fingerprint density at radius 3 is 2.16 bits per heavy atom. The van der Waals surface area contributed by atoms with E-state index in [1.807, 2.05) is 48.5 Å². The van der Waals surface area contributed by atoms with Crippen LogP contribution in [0.5, 0.6) is 11.5 Å². The fraction of sp³-hybridized carbons (Fsp3) is 0.154. The molecule has 3 aromatic carbocycles. The highest BCUT2D eigenvalue weighted by Gasteiger charge is 2.15. The molecule has 1 amide bonds. The lowest BCUT2D eigenvalue weighted by atomic mass is 10.0. The van der Waals surface area contributed by atoms with Crippen molar-refractivity contribution in [2.75, 3.05) is 7.11 Å². The molecule has 0 aliphatic heterocycles. The van der Waals surface area contributed by atoms with Gasteiger partial charge in [0.05, 0.1) is 7.11 Å². The fourth-order valence-electron chi connectivity index (χ4n) is 3.02. The Morgan fingerprint density at radius 1 is 0.871 bits per heavy atom. The van der Waals surface area contributed by atoms with Crippen LogP contribution in [0.1, 0.15) is 41.3 Å². The van der Waals surface area contributed by atoms with Crippen molar-refractivity contribution in [3.05, 3.63) is 101 Å². The van der Waals surface area contributed by atoms with Crippen LogP contribution in [0.3, 0.4) is 0 Å². The molecule has 0 atom stereocenters. The van der Waals surface area contributed by atoms with Crippen molar-refractivity contribution in [3.63, 3.8) is 0 Å². The van der Waals surface area contributed by atoms with Gasteiger partial charge in [0.25, 0.3) is 5.91 Å². The van der Waals surface area contributed by atoms with Gasteiger partial charge in [-0.15, -0.1) is 0 Å². The topological polar surface area (TPSA) is 64.6 Å². The summed E-state index contributed by atoms with van der Waals surface area (Å²) in [6.07, 6.45) is 1.57. The molecule has 0 fully saturated rings. The number of carbonyl (C=O) groups excluding carboxylic acids is 2. The maximum Gasteiger partial charge on any atom is 0.354 e. The molecule has 0 unspecified atom stereocenters. The monoisotopic (exact) mass is 415 g/mol. The molecule has 5 nitrogen and oxygen atoms in total. The Balaban J connectivity index is 1.79. The van der Waals surface area contributed by atoms with Gasteiger partial charge in [0.2, 0.25) is 0 Å². The molecule has 0 bridgehead atoms. The number of hydrogen-bond acceptors (Lipinski definition) is 4. The van der Waals surface area contributed by atoms with E-state index in [0.29, 0.717) is 17.2 Å². The smallest absolute Gasteiger partial charge is 0.354 e. The molecule has 0 heterocycles. The van der Waals surface area contributed by atoms with Crippen LogP contribution >= 0.6 is 0 Å². The Labute approximate surface area is 182 Å². The molecule has 31 heavy (non-hydrogen) atoms. The van der Waals surface area contributed by atoms with E-state index in [0.717, 1.165) is 16.9 Å². The summed E-state index contributed by atoms with van der Waals surface area (Å²) in [7, 11) is 1.27. The van der Waals surface area contributed by atoms with E-state index in [2.05, 4.69) is 25.2 Å². The van der Waals surface area contributed by atoms with Gasteiger partial charge in [-0.05, 0) is 53.5 Å². The van der Waals surface area contributed by atoms with Gasteiger partial charge in [-0.2, -0.15) is 0 Å². The maximum atomic E-state index is 12.4. The van der Waals surface area contributed by atoms with E-state index >= 15 is 0 Å². The molecule has 3 aromatic rings. The standard InChI is InChI=1S/C26H25NO4/c1-18(2)22-11-7-8-12-24(22)31-21-15-13-19(14-16-21)17-23(26(29)30-3)27-25(28)20-9-5-4-6-10-20/h4-18H,1-3H3,(H,27,28)/b23-17-. The lowest BCUT2D eigenvalue weighted by Crippen LogP contribution is -2.28. The van der Waals surface area contributed by atoms with Gasteiger partial charge in [0.15, 0.2) is 0 Å². The second kappa shape index (κ2) is 10.3. The SMILES string of the molecule is COC(=O)/C(=C/c1ccc(Oc2ccccc2C(C)C)cc1)NC(=O)c1ccccc1. The summed E-state index contributed by atoms with van der Waals surface area (Å²) in [6, 6.07) is 23.9. The number of carbonyl (C=O) groups is 2. The van der Waals surface area contributed by atoms with Crippen molar-refractivity contribution >= 4 is 18.0 Å². The van der Waals surface area contributed by atoms with Crippen molar-refractivity contribution in [2.24, 2.45) is 0 Å². The molecule has 0 saturated carbocycles. The summed E-state index contributed by atoms with van der Waals surface area (Å²) in [5, 5.41) is 2.62. The van der Waals surface area contributed by atoms with Crippen molar-refractivity contribution in [3.8, 4) is 11.5 Å². The van der Waals surface area contributed by atoms with Crippen LogP contribution in [-0.2, 0) is 9.53 Å². The number of amides is 1. The van der Waals surface area contributed by atoms with Crippen LogP contribution in [-0.4, -0.2) is 19.0 Å². The van der Waals surface area contributed by atoms with Crippen molar-refractivity contribution < 1.29 is 19.1 Å². The zero-order chi connectivity index (χ0) is 22.2. The normalized spacial score (nSPS) is 11.2. The third-order valence-corrected chi connectivity index (χ3v) is 4.65. The van der Waals surface area contributed by atoms with E-state index in [1.54, 1.807) is 30.3 Å². The van der Waals surface area contributed by atoms with Gasteiger partial charge < -0.3 is 14.8 Å². The number of nitrogens with one attached hydrogen (secondary N) is 1. The highest BCUT2D eigenvalue weighted by molar-refractivity contribution is 6.03. The number of methoxy groups -OCH3 is 1. The van der Waals surface area contributed by atoms with Gasteiger partial charge in [0.1, 0.15) is 17.2 Å². The molecule has 0 aliphatic rings. The van der Waals surface area contributed by atoms with Crippen LogP contribution < -0.4 is 10.1 Å². The summed E-state index contributed by atoms with van der Waals surface area (Å²) in [5.41, 5.74) is 2.35. The third kappa shape index (κ3) is 5.82. The molecule has 0 saturated heterocycles. The van der Waals surface area contributed by atoms with Crippen molar-refractivity contribution in [1.29, 1.82) is 0 Å². The van der Waals surface area contributed by atoms with Gasteiger partial charge in [-0.3, -0.25) is 4.79 Å². The highest BCUT2D eigenvalue weighted by Crippen LogP contribution is 2.30. The number of para-hydroxylation sites is 1. The maximum absolute atomic E-state index is 12.4. The second-order valence-corrected chi connectivity index (χ2v) is 7.23. The number of benzene rings is 3. The van der Waals surface area contributed by atoms with Crippen LogP contribution in [0.4, 0.5) is 0 Å². The van der Waals surface area contributed by atoms with Crippen LogP contribution in [0.2, 0.25) is 0 Å². The average Bonchev–Trinajstić information content (AvgIpc) is 2.80. The Hall–Kier alpha value is -3.86. The predicted octanol–water partition coefficient (Wildman–Crippen LogP) is 5.55. The number of rotatable bonds is 7. The largest absolute Gasteiger partial charge is 0.464 e. The lowest BCUT2D eigenvalue weighted by molar-refractivity contribution is -0.136. The molecular formula is C26H25NO4. The fourth-order valence-corrected chi connectivity index (χ4v) is 3.02. The summed E-state index contributed by atoms with van der Waals surface area (Å²) < 4.78 is 10.9. The molecule has 0 aliphatic carbocycles. The zero-order valence-electron chi connectivity index (χ0n) is 17.8. The van der Waals surface area contributed by atoms with E-state index in [9.17, 15) is 9.59 Å². The quantitative estimate of drug-likeness (QED) is 0.406. The molecule has 3 rings (SSSR count). The van der Waals surface area contributed by atoms with Gasteiger partial charge in [-0.25, -0.2) is 4.79 Å². The molecule has 0 spiro atoms. The van der Waals surface area contributed by atoms with Crippen molar-refractivity contribution in [1.82, 2.24) is 5.32 Å². The number of esters is 1. The van der Waals surface area contributed by atoms with E-state index < -0.39 is 5.97 Å². The van der Waals surface area contributed by atoms with Crippen LogP contribution in [0.25, 0.3) is 6.08 Å². The summed E-state index contributed by atoms with van der Waals surface area (Å²) in [4.78, 5) is 24.6. The molecule has 158 valence electrons. The first-order valence-electron chi connectivity index (χ1n) is 10.0. The first-order chi connectivity index (χ1) is 15.0. The highest BCUT2D eigenvalue weighted by atomic mass is 16.5. The van der Waals surface area contributed by atoms with Crippen molar-refractivity contribution in [2.45, 2.75) is 19.8 Å². The lowest BCUT2D eigenvalue weighted by Gasteiger charge is -2.13. The minimum absolute atomic E-state index is 0.0511. The van der Waals surface area contributed by atoms with Crippen LogP contribution in [0, 0.1) is 0 Å². The number of ether oxygens (including phenoxy) is 2. The van der Waals surface area contributed by atoms with Gasteiger partial charge in [0, 0.05) is 5.56 Å². The Kier molecular flexibility index (Phi) is 7.22. The van der Waals surface area contributed by atoms with Crippen LogP contribution in [0.15, 0.2) is 84.6 Å². The first kappa shape index (κ1) is 21.8. The minimum atomic E-state index is -0.629. The molecule has 1 N–H and O–H groups in total. The zero-order valence-corrected chi connectivity index (χ0v) is 17.8. The first-order valence-corrected chi connectivity index (χ1v) is 10.0. The molecule has 0 radical (unpaired) electrons. The summed E-state index contributed by atoms with van der Waals surface area (Å²) in [6.45, 7) is 4.24. The average molecular weight is 415 g/mol. The van der Waals surface area contributed by atoms with E-state index in [1.165, 1.54) is 7.11 Å². The van der Waals surface area contributed by atoms with Gasteiger partial charge in [-0.1, -0.05) is 62.4 Å². The Bertz CT molecular complexity index is 1070. The predicted molar refractivity (Wildman–Crippen MR) is 121 cm³/mol. The van der Waals surface area contributed by atoms with E-state index in [4.69, 9.17) is 9.47 Å². The third-order valence-electron chi connectivity index (χ3n) is 4.65. The summed E-state index contributed by atoms with van der Waals surface area (Å²) in [5.74, 6) is 0.816. The Morgan fingerprint density at radius 2 is 1.52 bits per heavy atom. The second-order valence-electron chi connectivity index (χ2n) is 7.23.